The molecule has 1 aromatic heterocycles. The molecule has 1 aliphatic rings. The lowest BCUT2D eigenvalue weighted by atomic mass is 9.91. The Morgan fingerprint density at radius 1 is 1.19 bits per heavy atom. The van der Waals surface area contributed by atoms with E-state index in [1.807, 2.05) is 42.5 Å². The number of rotatable bonds is 9. The Hall–Kier alpha value is -3.16. The van der Waals surface area contributed by atoms with Crippen LogP contribution in [-0.4, -0.2) is 53.7 Å². The first-order valence-corrected chi connectivity index (χ1v) is 10.5. The molecule has 1 aliphatic heterocycles. The number of amides is 1. The third-order valence-electron chi connectivity index (χ3n) is 5.76. The summed E-state index contributed by atoms with van der Waals surface area (Å²) in [6.45, 7) is 2.33. The van der Waals surface area contributed by atoms with Gasteiger partial charge in [0.05, 0.1) is 18.9 Å². The molecule has 0 spiro atoms. The van der Waals surface area contributed by atoms with Crippen LogP contribution in [0.5, 0.6) is 0 Å². The Morgan fingerprint density at radius 2 is 2.03 bits per heavy atom. The summed E-state index contributed by atoms with van der Waals surface area (Å²) in [7, 11) is 1.64. The molecule has 1 unspecified atom stereocenters. The molecule has 1 atom stereocenters. The number of aromatic nitrogens is 1. The van der Waals surface area contributed by atoms with Gasteiger partial charge >= 0.3 is 5.97 Å². The van der Waals surface area contributed by atoms with Crippen molar-refractivity contribution in [2.75, 3.05) is 32.1 Å². The third kappa shape index (κ3) is 4.95. The number of carbonyl (C=O) groups excluding carboxylic acids is 1. The van der Waals surface area contributed by atoms with Gasteiger partial charge in [0, 0.05) is 43.6 Å². The van der Waals surface area contributed by atoms with Crippen molar-refractivity contribution in [2.45, 2.75) is 25.3 Å². The predicted octanol–water partition coefficient (Wildman–Crippen LogP) is 3.37. The van der Waals surface area contributed by atoms with Crippen molar-refractivity contribution in [1.29, 1.82) is 0 Å². The summed E-state index contributed by atoms with van der Waals surface area (Å²) in [4.78, 5) is 29.1. The van der Waals surface area contributed by atoms with Gasteiger partial charge in [0.25, 0.3) is 0 Å². The van der Waals surface area contributed by atoms with E-state index in [1.165, 1.54) is 0 Å². The SMILES string of the molecule is COCCN(CCC(=O)O)Cc1ccc2[nH]c(C3Cc4ccccc4NC3=O)cc2c1. The summed E-state index contributed by atoms with van der Waals surface area (Å²) in [6.07, 6.45) is 0.764. The highest BCUT2D eigenvalue weighted by molar-refractivity contribution is 5.99. The summed E-state index contributed by atoms with van der Waals surface area (Å²) in [6, 6.07) is 16.1. The summed E-state index contributed by atoms with van der Waals surface area (Å²) in [5, 5.41) is 13.1. The first kappa shape index (κ1) is 21.1. The lowest BCUT2D eigenvalue weighted by Crippen LogP contribution is -2.29. The minimum absolute atomic E-state index is 0.00453. The second-order valence-corrected chi connectivity index (χ2v) is 7.96. The molecular formula is C24H27N3O4. The Bertz CT molecular complexity index is 1090. The largest absolute Gasteiger partial charge is 0.481 e. The van der Waals surface area contributed by atoms with Gasteiger partial charge in [0.15, 0.2) is 0 Å². The Labute approximate surface area is 181 Å². The smallest absolute Gasteiger partial charge is 0.304 e. The predicted molar refractivity (Wildman–Crippen MR) is 119 cm³/mol. The summed E-state index contributed by atoms with van der Waals surface area (Å²) < 4.78 is 5.16. The molecule has 1 amide bonds. The molecule has 0 aliphatic carbocycles. The molecule has 3 N–H and O–H groups in total. The number of methoxy groups -OCH3 is 1. The van der Waals surface area contributed by atoms with Gasteiger partial charge in [0.1, 0.15) is 0 Å². The number of aliphatic carboxylic acids is 1. The number of hydrogen-bond acceptors (Lipinski definition) is 4. The Morgan fingerprint density at radius 3 is 2.84 bits per heavy atom. The molecule has 162 valence electrons. The number of carboxylic acids is 1. The van der Waals surface area contributed by atoms with Crippen molar-refractivity contribution in [1.82, 2.24) is 9.88 Å². The summed E-state index contributed by atoms with van der Waals surface area (Å²) in [5.74, 6) is -1.05. The number of carboxylic acid groups (broad SMARTS) is 1. The molecule has 2 aromatic carbocycles. The van der Waals surface area contributed by atoms with E-state index in [1.54, 1.807) is 7.11 Å². The molecule has 2 heterocycles. The fourth-order valence-electron chi connectivity index (χ4n) is 4.10. The molecule has 7 heteroatoms. The van der Waals surface area contributed by atoms with Crippen LogP contribution in [0.2, 0.25) is 0 Å². The third-order valence-corrected chi connectivity index (χ3v) is 5.76. The summed E-state index contributed by atoms with van der Waals surface area (Å²) in [5.41, 5.74) is 5.01. The molecule has 31 heavy (non-hydrogen) atoms. The lowest BCUT2D eigenvalue weighted by Gasteiger charge is -2.23. The first-order valence-electron chi connectivity index (χ1n) is 10.5. The normalized spacial score (nSPS) is 15.8. The standard InChI is InChI=1S/C24H27N3O4/c1-31-11-10-27(9-8-23(28)29)15-16-6-7-21-18(12-16)14-22(25-21)19-13-17-4-2-3-5-20(17)26-24(19)30/h2-7,12,14,19,25H,8-11,13,15H2,1H3,(H,26,30)(H,28,29). The number of para-hydroxylation sites is 1. The number of H-pyrrole nitrogens is 1. The maximum absolute atomic E-state index is 12.7. The van der Waals surface area contributed by atoms with Crippen LogP contribution >= 0.6 is 0 Å². The number of nitrogens with zero attached hydrogens (tertiary/aromatic N) is 1. The average Bonchev–Trinajstić information content (AvgIpc) is 3.18. The van der Waals surface area contributed by atoms with E-state index in [2.05, 4.69) is 21.3 Å². The molecule has 0 radical (unpaired) electrons. The molecule has 0 saturated heterocycles. The zero-order chi connectivity index (χ0) is 21.8. The van der Waals surface area contributed by atoms with Crippen molar-refractivity contribution < 1.29 is 19.4 Å². The quantitative estimate of drug-likeness (QED) is 0.492. The maximum Gasteiger partial charge on any atom is 0.304 e. The van der Waals surface area contributed by atoms with Crippen LogP contribution in [0.1, 0.15) is 29.2 Å². The number of ether oxygens (including phenoxy) is 1. The van der Waals surface area contributed by atoms with Crippen LogP contribution in [0.15, 0.2) is 48.5 Å². The molecular weight excluding hydrogens is 394 g/mol. The van der Waals surface area contributed by atoms with Crippen molar-refractivity contribution in [3.05, 3.63) is 65.4 Å². The van der Waals surface area contributed by atoms with E-state index in [9.17, 15) is 9.59 Å². The number of anilines is 1. The highest BCUT2D eigenvalue weighted by Crippen LogP contribution is 2.32. The highest BCUT2D eigenvalue weighted by Gasteiger charge is 2.28. The Balaban J connectivity index is 1.52. The van der Waals surface area contributed by atoms with Crippen LogP contribution in [0, 0.1) is 0 Å². The van der Waals surface area contributed by atoms with E-state index in [4.69, 9.17) is 9.84 Å². The van der Waals surface area contributed by atoms with E-state index < -0.39 is 5.97 Å². The van der Waals surface area contributed by atoms with Gasteiger partial charge in [-0.3, -0.25) is 14.5 Å². The number of nitrogens with one attached hydrogen (secondary N) is 2. The van der Waals surface area contributed by atoms with Crippen LogP contribution < -0.4 is 5.32 Å². The molecule has 7 nitrogen and oxygen atoms in total. The van der Waals surface area contributed by atoms with Crippen molar-refractivity contribution in [3.63, 3.8) is 0 Å². The maximum atomic E-state index is 12.7. The Kier molecular flexibility index (Phi) is 6.34. The van der Waals surface area contributed by atoms with Crippen molar-refractivity contribution in [2.24, 2.45) is 0 Å². The second-order valence-electron chi connectivity index (χ2n) is 7.96. The zero-order valence-electron chi connectivity index (χ0n) is 17.6. The molecule has 0 fully saturated rings. The highest BCUT2D eigenvalue weighted by atomic mass is 16.5. The topological polar surface area (TPSA) is 94.7 Å². The second kappa shape index (κ2) is 9.32. The zero-order valence-corrected chi connectivity index (χ0v) is 17.6. The fraction of sp³-hybridized carbons (Fsp3) is 0.333. The van der Waals surface area contributed by atoms with E-state index in [0.29, 0.717) is 32.7 Å². The van der Waals surface area contributed by atoms with Gasteiger partial charge < -0.3 is 20.1 Å². The molecule has 4 rings (SSSR count). The first-order chi connectivity index (χ1) is 15.0. The van der Waals surface area contributed by atoms with Crippen molar-refractivity contribution in [3.8, 4) is 0 Å². The van der Waals surface area contributed by atoms with E-state index in [0.717, 1.165) is 33.4 Å². The van der Waals surface area contributed by atoms with Gasteiger partial charge in [-0.05, 0) is 47.2 Å². The molecule has 3 aromatic rings. The number of hydrogen-bond donors (Lipinski definition) is 3. The van der Waals surface area contributed by atoms with E-state index in [-0.39, 0.29) is 18.2 Å². The van der Waals surface area contributed by atoms with E-state index >= 15 is 0 Å². The lowest BCUT2D eigenvalue weighted by molar-refractivity contribution is -0.137. The fourth-order valence-corrected chi connectivity index (χ4v) is 4.10. The number of benzene rings is 2. The van der Waals surface area contributed by atoms with Gasteiger partial charge in [-0.2, -0.15) is 0 Å². The van der Waals surface area contributed by atoms with Crippen LogP contribution in [-0.2, 0) is 27.3 Å². The number of carbonyl (C=O) groups is 2. The van der Waals surface area contributed by atoms with Crippen LogP contribution in [0.25, 0.3) is 10.9 Å². The minimum Gasteiger partial charge on any atom is -0.481 e. The van der Waals surface area contributed by atoms with Gasteiger partial charge in [-0.15, -0.1) is 0 Å². The molecule has 0 saturated carbocycles. The molecule has 0 bridgehead atoms. The van der Waals surface area contributed by atoms with Gasteiger partial charge in [0.2, 0.25) is 5.91 Å². The van der Waals surface area contributed by atoms with Crippen LogP contribution in [0.3, 0.4) is 0 Å². The average molecular weight is 421 g/mol. The number of fused-ring (bicyclic) bond motifs is 2. The summed E-state index contributed by atoms with van der Waals surface area (Å²) >= 11 is 0. The van der Waals surface area contributed by atoms with Gasteiger partial charge in [-0.25, -0.2) is 0 Å². The van der Waals surface area contributed by atoms with Crippen molar-refractivity contribution >= 4 is 28.5 Å². The van der Waals surface area contributed by atoms with Crippen LogP contribution in [0.4, 0.5) is 5.69 Å². The number of aromatic amines is 1. The van der Waals surface area contributed by atoms with Gasteiger partial charge in [-0.1, -0.05) is 24.3 Å². The monoisotopic (exact) mass is 421 g/mol. The minimum atomic E-state index is -0.805.